The van der Waals surface area contributed by atoms with Crippen molar-refractivity contribution in [2.75, 3.05) is 6.54 Å². The molecule has 4 heteroatoms. The average Bonchev–Trinajstić information content (AvgIpc) is 3.02. The van der Waals surface area contributed by atoms with Crippen LogP contribution in [0.25, 0.3) is 5.70 Å². The van der Waals surface area contributed by atoms with Gasteiger partial charge in [0.05, 0.1) is 5.70 Å². The standard InChI is InChI=1S/C14H14FN3/c1-3-4-12-9(2)8-18(17-12)14-6-10(15)5-11(14)13-7-16-13/h5-6,8,11,13,16H,7H2,1-2H3. The Hall–Kier alpha value is -1.86. The number of nitrogens with one attached hydrogen (secondary N) is 1. The van der Waals surface area contributed by atoms with E-state index < -0.39 is 0 Å². The summed E-state index contributed by atoms with van der Waals surface area (Å²) in [5, 5.41) is 7.65. The Labute approximate surface area is 105 Å². The Morgan fingerprint density at radius 3 is 3.00 bits per heavy atom. The molecule has 0 saturated carbocycles. The second-order valence-electron chi connectivity index (χ2n) is 4.64. The lowest BCUT2D eigenvalue weighted by Gasteiger charge is -2.11. The van der Waals surface area contributed by atoms with E-state index in [0.29, 0.717) is 6.04 Å². The van der Waals surface area contributed by atoms with Gasteiger partial charge in [-0.25, -0.2) is 9.07 Å². The summed E-state index contributed by atoms with van der Waals surface area (Å²) in [7, 11) is 0. The first kappa shape index (κ1) is 11.2. The molecule has 1 N–H and O–H groups in total. The van der Waals surface area contributed by atoms with Gasteiger partial charge in [-0.1, -0.05) is 5.92 Å². The molecule has 0 amide bonds. The predicted octanol–water partition coefficient (Wildman–Crippen LogP) is 1.86. The number of rotatable bonds is 2. The van der Waals surface area contributed by atoms with Crippen molar-refractivity contribution in [3.63, 3.8) is 0 Å². The maximum atomic E-state index is 13.4. The van der Waals surface area contributed by atoms with E-state index in [0.717, 1.165) is 23.5 Å². The second-order valence-corrected chi connectivity index (χ2v) is 4.64. The first-order valence-electron chi connectivity index (χ1n) is 6.00. The Bertz CT molecular complexity index is 609. The zero-order chi connectivity index (χ0) is 12.7. The van der Waals surface area contributed by atoms with Crippen molar-refractivity contribution < 1.29 is 4.39 Å². The summed E-state index contributed by atoms with van der Waals surface area (Å²) in [6, 6.07) is 0.342. The minimum atomic E-state index is -0.181. The molecule has 0 bridgehead atoms. The molecule has 2 atom stereocenters. The van der Waals surface area contributed by atoms with E-state index in [9.17, 15) is 4.39 Å². The van der Waals surface area contributed by atoms with E-state index >= 15 is 0 Å². The molecular weight excluding hydrogens is 229 g/mol. The monoisotopic (exact) mass is 243 g/mol. The minimum absolute atomic E-state index is 0.0757. The van der Waals surface area contributed by atoms with Gasteiger partial charge in [-0.3, -0.25) is 0 Å². The summed E-state index contributed by atoms with van der Waals surface area (Å²) in [6.45, 7) is 4.69. The highest BCUT2D eigenvalue weighted by molar-refractivity contribution is 5.61. The largest absolute Gasteiger partial charge is 0.310 e. The molecule has 1 aliphatic heterocycles. The zero-order valence-corrected chi connectivity index (χ0v) is 10.4. The number of hydrogen-bond acceptors (Lipinski definition) is 2. The topological polar surface area (TPSA) is 39.8 Å². The first-order valence-corrected chi connectivity index (χ1v) is 6.00. The van der Waals surface area contributed by atoms with E-state index in [1.54, 1.807) is 23.8 Å². The SMILES string of the molecule is CC#Cc1nn(C2=CC(F)=CC2C2CN2)cc1C. The second kappa shape index (κ2) is 4.11. The molecule has 3 nitrogen and oxygen atoms in total. The molecule has 1 fully saturated rings. The minimum Gasteiger partial charge on any atom is -0.310 e. The van der Waals surface area contributed by atoms with Gasteiger partial charge in [-0.05, 0) is 31.9 Å². The molecule has 92 valence electrons. The highest BCUT2D eigenvalue weighted by Gasteiger charge is 2.36. The van der Waals surface area contributed by atoms with Crippen molar-refractivity contribution in [2.45, 2.75) is 19.9 Å². The molecule has 0 spiro atoms. The van der Waals surface area contributed by atoms with Crippen LogP contribution in [-0.2, 0) is 0 Å². The van der Waals surface area contributed by atoms with Crippen LogP contribution in [0.1, 0.15) is 18.2 Å². The molecule has 0 aromatic carbocycles. The van der Waals surface area contributed by atoms with Gasteiger partial charge in [-0.15, -0.1) is 0 Å². The zero-order valence-electron chi connectivity index (χ0n) is 10.4. The van der Waals surface area contributed by atoms with Crippen LogP contribution in [-0.4, -0.2) is 22.4 Å². The fourth-order valence-electron chi connectivity index (χ4n) is 2.24. The maximum Gasteiger partial charge on any atom is 0.138 e. The fourth-order valence-corrected chi connectivity index (χ4v) is 2.24. The average molecular weight is 243 g/mol. The van der Waals surface area contributed by atoms with Gasteiger partial charge in [0.15, 0.2) is 0 Å². The van der Waals surface area contributed by atoms with Crippen molar-refractivity contribution in [3.8, 4) is 11.8 Å². The molecule has 1 aromatic heterocycles. The van der Waals surface area contributed by atoms with E-state index in [2.05, 4.69) is 22.3 Å². The smallest absolute Gasteiger partial charge is 0.138 e. The molecule has 2 unspecified atom stereocenters. The van der Waals surface area contributed by atoms with E-state index in [-0.39, 0.29) is 11.7 Å². The third-order valence-corrected chi connectivity index (χ3v) is 3.24. The van der Waals surface area contributed by atoms with Gasteiger partial charge >= 0.3 is 0 Å². The summed E-state index contributed by atoms with van der Waals surface area (Å²) in [5.41, 5.74) is 2.66. The Kier molecular flexibility index (Phi) is 2.57. The molecule has 1 aliphatic carbocycles. The fraction of sp³-hybridized carbons (Fsp3) is 0.357. The predicted molar refractivity (Wildman–Crippen MR) is 68.3 cm³/mol. The Morgan fingerprint density at radius 2 is 2.33 bits per heavy atom. The highest BCUT2D eigenvalue weighted by atomic mass is 19.1. The van der Waals surface area contributed by atoms with Crippen LogP contribution in [0.4, 0.5) is 4.39 Å². The number of aromatic nitrogens is 2. The van der Waals surface area contributed by atoms with Crippen LogP contribution in [0, 0.1) is 24.7 Å². The lowest BCUT2D eigenvalue weighted by molar-refractivity contribution is 0.658. The summed E-state index contributed by atoms with van der Waals surface area (Å²) in [6.07, 6.45) is 5.12. The number of aryl methyl sites for hydroxylation is 1. The Balaban J connectivity index is 1.96. The van der Waals surface area contributed by atoms with Gasteiger partial charge in [0, 0.05) is 30.3 Å². The number of allylic oxidation sites excluding steroid dienone is 2. The van der Waals surface area contributed by atoms with E-state index in [1.165, 1.54) is 0 Å². The van der Waals surface area contributed by atoms with Crippen LogP contribution in [0.3, 0.4) is 0 Å². The van der Waals surface area contributed by atoms with Gasteiger partial charge in [-0.2, -0.15) is 5.10 Å². The van der Waals surface area contributed by atoms with Crippen LogP contribution in [0.2, 0.25) is 0 Å². The molecule has 1 saturated heterocycles. The lowest BCUT2D eigenvalue weighted by atomic mass is 10.1. The van der Waals surface area contributed by atoms with Crippen LogP contribution < -0.4 is 5.32 Å². The first-order chi connectivity index (χ1) is 8.69. The van der Waals surface area contributed by atoms with Crippen molar-refractivity contribution in [1.82, 2.24) is 15.1 Å². The maximum absolute atomic E-state index is 13.4. The van der Waals surface area contributed by atoms with E-state index in [1.807, 2.05) is 13.1 Å². The number of nitrogens with zero attached hydrogens (tertiary/aromatic N) is 2. The van der Waals surface area contributed by atoms with Crippen LogP contribution in [0.15, 0.2) is 24.2 Å². The molecule has 18 heavy (non-hydrogen) atoms. The van der Waals surface area contributed by atoms with Gasteiger partial charge in [0.2, 0.25) is 0 Å². The summed E-state index contributed by atoms with van der Waals surface area (Å²) >= 11 is 0. The lowest BCUT2D eigenvalue weighted by Crippen LogP contribution is -2.13. The molecule has 0 radical (unpaired) electrons. The summed E-state index contributed by atoms with van der Waals surface area (Å²) in [4.78, 5) is 0. The molecular formula is C14H14FN3. The van der Waals surface area contributed by atoms with Gasteiger partial charge in [0.25, 0.3) is 0 Å². The van der Waals surface area contributed by atoms with Crippen molar-refractivity contribution >= 4 is 5.70 Å². The molecule has 2 heterocycles. The highest BCUT2D eigenvalue weighted by Crippen LogP contribution is 2.34. The number of hydrogen-bond donors (Lipinski definition) is 1. The normalized spacial score (nSPS) is 25.3. The van der Waals surface area contributed by atoms with Crippen LogP contribution in [0.5, 0.6) is 0 Å². The van der Waals surface area contributed by atoms with Crippen molar-refractivity contribution in [2.24, 2.45) is 5.92 Å². The summed E-state index contributed by atoms with van der Waals surface area (Å²) in [5.74, 6) is 5.69. The van der Waals surface area contributed by atoms with Crippen molar-refractivity contribution in [3.05, 3.63) is 35.4 Å². The quantitative estimate of drug-likeness (QED) is 0.636. The Morgan fingerprint density at radius 1 is 1.56 bits per heavy atom. The van der Waals surface area contributed by atoms with Gasteiger partial charge < -0.3 is 5.32 Å². The molecule has 1 aromatic rings. The third kappa shape index (κ3) is 1.87. The molecule has 2 aliphatic rings. The van der Waals surface area contributed by atoms with Gasteiger partial charge in [0.1, 0.15) is 11.5 Å². The third-order valence-electron chi connectivity index (χ3n) is 3.24. The van der Waals surface area contributed by atoms with E-state index in [4.69, 9.17) is 0 Å². The summed E-state index contributed by atoms with van der Waals surface area (Å²) < 4.78 is 15.2. The van der Waals surface area contributed by atoms with Crippen molar-refractivity contribution in [1.29, 1.82) is 0 Å². The molecule has 3 rings (SSSR count). The number of halogens is 1. The van der Waals surface area contributed by atoms with Crippen LogP contribution >= 0.6 is 0 Å².